The molecule has 5 rings (SSSR count). The summed E-state index contributed by atoms with van der Waals surface area (Å²) in [6.45, 7) is 0.904. The van der Waals surface area contributed by atoms with Crippen molar-refractivity contribution >= 4 is 28.6 Å². The molecule has 3 heterocycles. The van der Waals surface area contributed by atoms with Crippen LogP contribution in [0.4, 0.5) is 11.6 Å². The van der Waals surface area contributed by atoms with E-state index in [0.29, 0.717) is 11.6 Å². The van der Waals surface area contributed by atoms with Crippen molar-refractivity contribution in [2.75, 3.05) is 37.5 Å². The van der Waals surface area contributed by atoms with E-state index in [4.69, 9.17) is 14.7 Å². The lowest BCUT2D eigenvalue weighted by molar-refractivity contribution is 0.373. The average Bonchev–Trinajstić information content (AvgIpc) is 3.35. The molecule has 2 aromatic heterocycles. The number of phenolic OH excluding ortho intramolecular Hbond substituents is 1. The van der Waals surface area contributed by atoms with E-state index in [2.05, 4.69) is 20.9 Å². The van der Waals surface area contributed by atoms with Gasteiger partial charge in [0.15, 0.2) is 17.3 Å². The van der Waals surface area contributed by atoms with Crippen LogP contribution >= 0.6 is 0 Å². The Morgan fingerprint density at radius 3 is 2.74 bits per heavy atom. The van der Waals surface area contributed by atoms with Crippen LogP contribution in [0.2, 0.25) is 0 Å². The highest BCUT2D eigenvalue weighted by atomic mass is 16.5. The molecule has 0 bridgehead atoms. The first kappa shape index (κ1) is 22.6. The van der Waals surface area contributed by atoms with Gasteiger partial charge in [0.1, 0.15) is 18.0 Å². The van der Waals surface area contributed by atoms with Gasteiger partial charge in [-0.1, -0.05) is 18.2 Å². The van der Waals surface area contributed by atoms with E-state index in [1.807, 2.05) is 61.5 Å². The maximum absolute atomic E-state index is 10.2. The van der Waals surface area contributed by atoms with E-state index in [1.165, 1.54) is 7.11 Å². The molecule has 1 unspecified atom stereocenters. The van der Waals surface area contributed by atoms with Gasteiger partial charge >= 0.3 is 0 Å². The monoisotopic (exact) mass is 468 g/mol. The number of ether oxygens (including phenoxy) is 1. The van der Waals surface area contributed by atoms with Crippen LogP contribution in [-0.2, 0) is 0 Å². The number of rotatable bonds is 6. The summed E-state index contributed by atoms with van der Waals surface area (Å²) in [5.74, 6) is 2.96. The molecule has 1 fully saturated rings. The third kappa shape index (κ3) is 4.59. The van der Waals surface area contributed by atoms with Gasteiger partial charge in [0.05, 0.1) is 18.3 Å². The first-order valence-corrected chi connectivity index (χ1v) is 11.6. The van der Waals surface area contributed by atoms with Crippen LogP contribution in [0.25, 0.3) is 28.2 Å². The van der Waals surface area contributed by atoms with Gasteiger partial charge in [-0.15, -0.1) is 0 Å². The molecular formula is C27H28N6O2. The van der Waals surface area contributed by atoms with Crippen LogP contribution in [0.5, 0.6) is 11.5 Å². The fraction of sp³-hybridized carbons (Fsp3) is 0.259. The van der Waals surface area contributed by atoms with Crippen molar-refractivity contribution in [3.05, 3.63) is 66.8 Å². The van der Waals surface area contributed by atoms with Crippen molar-refractivity contribution in [1.29, 1.82) is 0 Å². The minimum absolute atomic E-state index is 0.0830. The zero-order valence-corrected chi connectivity index (χ0v) is 20.1. The van der Waals surface area contributed by atoms with E-state index in [1.54, 1.807) is 18.5 Å². The van der Waals surface area contributed by atoms with Crippen molar-refractivity contribution in [1.82, 2.24) is 19.9 Å². The SMILES string of the molecule is COc1ccc(-c2cc(N3CCCC3C=Cc3nc(N(C)C)c4ccccc4n3)ncn2)cc1O. The summed E-state index contributed by atoms with van der Waals surface area (Å²) >= 11 is 0. The number of hydrogen-bond donors (Lipinski definition) is 1. The molecule has 1 saturated heterocycles. The molecule has 0 saturated carbocycles. The van der Waals surface area contributed by atoms with Crippen molar-refractivity contribution in [2.24, 2.45) is 0 Å². The molecule has 1 aliphatic heterocycles. The lowest BCUT2D eigenvalue weighted by atomic mass is 10.1. The minimum atomic E-state index is 0.0830. The van der Waals surface area contributed by atoms with Crippen molar-refractivity contribution < 1.29 is 9.84 Å². The second-order valence-electron chi connectivity index (χ2n) is 8.73. The Bertz CT molecular complexity index is 1390. The normalized spacial score (nSPS) is 15.7. The van der Waals surface area contributed by atoms with Crippen LogP contribution < -0.4 is 14.5 Å². The zero-order valence-electron chi connectivity index (χ0n) is 20.1. The first-order valence-electron chi connectivity index (χ1n) is 11.6. The van der Waals surface area contributed by atoms with Gasteiger partial charge in [-0.05, 0) is 49.2 Å². The molecule has 1 N–H and O–H groups in total. The highest BCUT2D eigenvalue weighted by molar-refractivity contribution is 5.89. The Kier molecular flexibility index (Phi) is 6.18. The number of aromatic nitrogens is 4. The number of fused-ring (bicyclic) bond motifs is 1. The lowest BCUT2D eigenvalue weighted by Gasteiger charge is -2.23. The lowest BCUT2D eigenvalue weighted by Crippen LogP contribution is -2.28. The second kappa shape index (κ2) is 9.58. The van der Waals surface area contributed by atoms with Crippen LogP contribution in [0.1, 0.15) is 18.7 Å². The summed E-state index contributed by atoms with van der Waals surface area (Å²) < 4.78 is 5.15. The minimum Gasteiger partial charge on any atom is -0.504 e. The van der Waals surface area contributed by atoms with Crippen LogP contribution in [0.3, 0.4) is 0 Å². The Hall–Kier alpha value is -4.20. The van der Waals surface area contributed by atoms with Gasteiger partial charge in [0.25, 0.3) is 0 Å². The summed E-state index contributed by atoms with van der Waals surface area (Å²) in [7, 11) is 5.52. The quantitative estimate of drug-likeness (QED) is 0.441. The van der Waals surface area contributed by atoms with Crippen molar-refractivity contribution in [2.45, 2.75) is 18.9 Å². The number of methoxy groups -OCH3 is 1. The van der Waals surface area contributed by atoms with Gasteiger partial charge in [-0.3, -0.25) is 0 Å². The number of benzene rings is 2. The Balaban J connectivity index is 1.42. The molecular weight excluding hydrogens is 440 g/mol. The van der Waals surface area contributed by atoms with Gasteiger partial charge in [0.2, 0.25) is 0 Å². The zero-order chi connectivity index (χ0) is 24.4. The van der Waals surface area contributed by atoms with Gasteiger partial charge in [-0.2, -0.15) is 0 Å². The summed E-state index contributed by atoms with van der Waals surface area (Å²) in [6, 6.07) is 15.5. The van der Waals surface area contributed by atoms with E-state index < -0.39 is 0 Å². The molecule has 0 radical (unpaired) electrons. The molecule has 8 nitrogen and oxygen atoms in total. The molecule has 0 aliphatic carbocycles. The standard InChI is InChI=1S/C27H28N6O2/c1-32(2)27-20-8-4-5-9-21(20)30-25(31-27)13-11-19-7-6-14-33(19)26-16-22(28-17-29-26)18-10-12-24(35-3)23(34)15-18/h4-5,8-13,15-17,19,34H,6-7,14H2,1-3H3. The van der Waals surface area contributed by atoms with E-state index in [-0.39, 0.29) is 11.8 Å². The molecule has 178 valence electrons. The number of phenols is 1. The van der Waals surface area contributed by atoms with Crippen LogP contribution in [-0.4, -0.2) is 58.8 Å². The summed E-state index contributed by atoms with van der Waals surface area (Å²) in [5, 5.41) is 11.2. The molecule has 4 aromatic rings. The Morgan fingerprint density at radius 2 is 1.94 bits per heavy atom. The van der Waals surface area contributed by atoms with E-state index in [9.17, 15) is 5.11 Å². The highest BCUT2D eigenvalue weighted by Gasteiger charge is 2.24. The van der Waals surface area contributed by atoms with Crippen molar-refractivity contribution in [3.8, 4) is 22.8 Å². The topological polar surface area (TPSA) is 87.5 Å². The Labute approximate surface area is 204 Å². The van der Waals surface area contributed by atoms with Crippen LogP contribution in [0.15, 0.2) is 60.9 Å². The second-order valence-corrected chi connectivity index (χ2v) is 8.73. The number of hydrogen-bond acceptors (Lipinski definition) is 8. The maximum atomic E-state index is 10.2. The number of para-hydroxylation sites is 1. The van der Waals surface area contributed by atoms with Gasteiger partial charge < -0.3 is 19.6 Å². The summed E-state index contributed by atoms with van der Waals surface area (Å²) in [5.41, 5.74) is 2.48. The van der Waals surface area contributed by atoms with Crippen LogP contribution in [0, 0.1) is 0 Å². The molecule has 0 amide bonds. The largest absolute Gasteiger partial charge is 0.504 e. The fourth-order valence-corrected chi connectivity index (χ4v) is 4.48. The molecule has 8 heteroatoms. The third-order valence-corrected chi connectivity index (χ3v) is 6.21. The number of anilines is 2. The predicted octanol–water partition coefficient (Wildman–Crippen LogP) is 4.55. The first-order chi connectivity index (χ1) is 17.0. The molecule has 0 spiro atoms. The summed E-state index contributed by atoms with van der Waals surface area (Å²) in [4.78, 5) is 22.8. The Morgan fingerprint density at radius 1 is 1.09 bits per heavy atom. The summed E-state index contributed by atoms with van der Waals surface area (Å²) in [6.07, 6.45) is 7.83. The van der Waals surface area contributed by atoms with Gasteiger partial charge in [0, 0.05) is 43.7 Å². The van der Waals surface area contributed by atoms with E-state index >= 15 is 0 Å². The fourth-order valence-electron chi connectivity index (χ4n) is 4.48. The molecule has 2 aromatic carbocycles. The van der Waals surface area contributed by atoms with E-state index in [0.717, 1.165) is 53.2 Å². The molecule has 35 heavy (non-hydrogen) atoms. The molecule has 1 atom stereocenters. The number of aromatic hydroxyl groups is 1. The predicted molar refractivity (Wildman–Crippen MR) is 139 cm³/mol. The molecule has 1 aliphatic rings. The number of nitrogens with zero attached hydrogens (tertiary/aromatic N) is 6. The smallest absolute Gasteiger partial charge is 0.160 e. The highest BCUT2D eigenvalue weighted by Crippen LogP contribution is 2.32. The average molecular weight is 469 g/mol. The van der Waals surface area contributed by atoms with Gasteiger partial charge in [-0.25, -0.2) is 19.9 Å². The maximum Gasteiger partial charge on any atom is 0.160 e. The van der Waals surface area contributed by atoms with Crippen molar-refractivity contribution in [3.63, 3.8) is 0 Å². The third-order valence-electron chi connectivity index (χ3n) is 6.21.